The molecule has 0 saturated heterocycles. The van der Waals surface area contributed by atoms with Crippen LogP contribution in [0.1, 0.15) is 5.56 Å². The summed E-state index contributed by atoms with van der Waals surface area (Å²) >= 11 is 7.61. The zero-order chi connectivity index (χ0) is 16.8. The summed E-state index contributed by atoms with van der Waals surface area (Å²) in [7, 11) is -1.13. The fourth-order valence-corrected chi connectivity index (χ4v) is 5.43. The van der Waals surface area contributed by atoms with Crippen LogP contribution in [0, 0.1) is 0 Å². The number of hydrogen-bond donors (Lipinski definition) is 0. The van der Waals surface area contributed by atoms with E-state index in [0.29, 0.717) is 5.02 Å². The molecule has 0 N–H and O–H groups in total. The Labute approximate surface area is 154 Å². The maximum atomic E-state index is 13.1. The largest absolute Gasteiger partial charge is 0.253 e. The number of benzene rings is 3. The lowest BCUT2D eigenvalue weighted by Crippen LogP contribution is -2.14. The molecule has 0 unspecified atom stereocenters. The maximum Gasteiger partial charge on any atom is 0.0935 e. The monoisotopic (exact) mass is 372 g/mol. The minimum absolute atomic E-state index is 0.0593. The van der Waals surface area contributed by atoms with E-state index in [2.05, 4.69) is 24.3 Å². The van der Waals surface area contributed by atoms with Crippen LogP contribution in [0.3, 0.4) is 0 Å². The van der Waals surface area contributed by atoms with Crippen molar-refractivity contribution in [2.24, 2.45) is 0 Å². The summed E-state index contributed by atoms with van der Waals surface area (Å²) in [6, 6.07) is 27.6. The van der Waals surface area contributed by atoms with Crippen molar-refractivity contribution in [3.8, 4) is 0 Å². The van der Waals surface area contributed by atoms with Crippen LogP contribution < -0.4 is 0 Å². The third-order valence-electron chi connectivity index (χ3n) is 3.54. The molecular formula is C20H17ClOS2. The number of halogens is 1. The lowest BCUT2D eigenvalue weighted by molar-refractivity contribution is 0.680. The van der Waals surface area contributed by atoms with Crippen LogP contribution in [0.25, 0.3) is 0 Å². The summed E-state index contributed by atoms with van der Waals surface area (Å²) in [5.74, 6) is 0. The average molecular weight is 373 g/mol. The van der Waals surface area contributed by atoms with Crippen molar-refractivity contribution in [2.75, 3.05) is 0 Å². The summed E-state index contributed by atoms with van der Waals surface area (Å²) < 4.78 is 13.1. The molecule has 24 heavy (non-hydrogen) atoms. The second-order valence-electron chi connectivity index (χ2n) is 5.30. The smallest absolute Gasteiger partial charge is 0.0935 e. The van der Waals surface area contributed by atoms with Gasteiger partial charge in [0.2, 0.25) is 0 Å². The van der Waals surface area contributed by atoms with Crippen molar-refractivity contribution in [3.05, 3.63) is 95.5 Å². The summed E-state index contributed by atoms with van der Waals surface area (Å²) in [5.41, 5.74) is 1.19. The average Bonchev–Trinajstić information content (AvgIpc) is 2.63. The highest BCUT2D eigenvalue weighted by atomic mass is 35.5. The highest BCUT2D eigenvalue weighted by Crippen LogP contribution is 2.31. The summed E-state index contributed by atoms with van der Waals surface area (Å²) in [6.07, 6.45) is 0.746. The Morgan fingerprint density at radius 2 is 1.42 bits per heavy atom. The van der Waals surface area contributed by atoms with Crippen LogP contribution in [0.5, 0.6) is 0 Å². The molecule has 0 fully saturated rings. The van der Waals surface area contributed by atoms with Crippen LogP contribution in [0.15, 0.2) is 94.7 Å². The predicted octanol–water partition coefficient (Wildman–Crippen LogP) is 5.81. The van der Waals surface area contributed by atoms with Crippen molar-refractivity contribution in [2.45, 2.75) is 20.8 Å². The predicted molar refractivity (Wildman–Crippen MR) is 104 cm³/mol. The summed E-state index contributed by atoms with van der Waals surface area (Å²) in [5, 5.41) is 0.658. The lowest BCUT2D eigenvalue weighted by atomic mass is 10.2. The molecule has 0 amide bonds. The highest BCUT2D eigenvalue weighted by molar-refractivity contribution is 8.11. The molecule has 0 aliphatic carbocycles. The van der Waals surface area contributed by atoms with Gasteiger partial charge in [-0.05, 0) is 48.4 Å². The number of thioether (sulfide) groups is 1. The van der Waals surface area contributed by atoms with Gasteiger partial charge in [0.05, 0.1) is 15.4 Å². The summed E-state index contributed by atoms with van der Waals surface area (Å²) in [6.45, 7) is 0. The van der Waals surface area contributed by atoms with Gasteiger partial charge >= 0.3 is 0 Å². The molecule has 0 bridgehead atoms. The van der Waals surface area contributed by atoms with Gasteiger partial charge in [-0.3, -0.25) is 4.21 Å². The molecule has 3 rings (SSSR count). The number of rotatable bonds is 6. The highest BCUT2D eigenvalue weighted by Gasteiger charge is 2.20. The van der Waals surface area contributed by atoms with Crippen LogP contribution in [-0.4, -0.2) is 8.79 Å². The van der Waals surface area contributed by atoms with E-state index in [1.54, 1.807) is 23.9 Å². The van der Waals surface area contributed by atoms with E-state index in [1.165, 1.54) is 5.56 Å². The van der Waals surface area contributed by atoms with Gasteiger partial charge in [-0.2, -0.15) is 0 Å². The molecule has 0 aromatic heterocycles. The van der Waals surface area contributed by atoms with Crippen molar-refractivity contribution < 1.29 is 4.21 Å². The molecule has 0 radical (unpaired) electrons. The van der Waals surface area contributed by atoms with Gasteiger partial charge in [0.25, 0.3) is 0 Å². The van der Waals surface area contributed by atoms with Crippen LogP contribution in [0.2, 0.25) is 5.02 Å². The normalized spacial score (nSPS) is 13.4. The Kier molecular flexibility index (Phi) is 6.13. The Morgan fingerprint density at radius 3 is 2.04 bits per heavy atom. The minimum Gasteiger partial charge on any atom is -0.253 e. The van der Waals surface area contributed by atoms with Crippen molar-refractivity contribution >= 4 is 34.2 Å². The topological polar surface area (TPSA) is 17.1 Å². The zero-order valence-corrected chi connectivity index (χ0v) is 15.4. The molecular weight excluding hydrogens is 356 g/mol. The Bertz CT molecular complexity index is 747. The zero-order valence-electron chi connectivity index (χ0n) is 13.0. The molecule has 0 aliphatic heterocycles. The SMILES string of the molecule is O=[S@@](c1ccc(Cl)cc1)[C@@H](Cc1ccccc1)Sc1ccccc1. The third kappa shape index (κ3) is 4.73. The summed E-state index contributed by atoms with van der Waals surface area (Å²) in [4.78, 5) is 1.93. The Hall–Kier alpha value is -1.55. The standard InChI is InChI=1S/C20H17ClOS2/c21-17-11-13-19(14-12-17)24(22)20(15-16-7-3-1-4-8-16)23-18-9-5-2-6-10-18/h1-14,20H,15H2/t20-,24-/m0/s1. The molecule has 0 saturated carbocycles. The van der Waals surface area contributed by atoms with Crippen molar-refractivity contribution in [1.82, 2.24) is 0 Å². The molecule has 2 atom stereocenters. The molecule has 1 nitrogen and oxygen atoms in total. The molecule has 3 aromatic carbocycles. The number of hydrogen-bond acceptors (Lipinski definition) is 2. The molecule has 0 aliphatic rings. The van der Waals surface area contributed by atoms with E-state index in [4.69, 9.17) is 11.6 Å². The van der Waals surface area contributed by atoms with Crippen molar-refractivity contribution in [1.29, 1.82) is 0 Å². The minimum atomic E-state index is -1.13. The molecule has 0 heterocycles. The second kappa shape index (κ2) is 8.52. The first-order valence-electron chi connectivity index (χ1n) is 7.64. The van der Waals surface area contributed by atoms with Crippen LogP contribution >= 0.6 is 23.4 Å². The van der Waals surface area contributed by atoms with Gasteiger partial charge < -0.3 is 0 Å². The molecule has 122 valence electrons. The van der Waals surface area contributed by atoms with Crippen LogP contribution in [0.4, 0.5) is 0 Å². The van der Waals surface area contributed by atoms with Gasteiger partial charge in [0, 0.05) is 14.8 Å². The van der Waals surface area contributed by atoms with E-state index < -0.39 is 10.8 Å². The van der Waals surface area contributed by atoms with E-state index in [1.807, 2.05) is 48.5 Å². The van der Waals surface area contributed by atoms with E-state index in [9.17, 15) is 4.21 Å². The van der Waals surface area contributed by atoms with Crippen LogP contribution in [-0.2, 0) is 17.2 Å². The van der Waals surface area contributed by atoms with Gasteiger partial charge in [-0.1, -0.05) is 60.1 Å². The fourth-order valence-electron chi connectivity index (χ4n) is 2.34. The van der Waals surface area contributed by atoms with E-state index >= 15 is 0 Å². The molecule has 3 aromatic rings. The molecule has 0 spiro atoms. The van der Waals surface area contributed by atoms with E-state index in [0.717, 1.165) is 16.2 Å². The fraction of sp³-hybridized carbons (Fsp3) is 0.100. The first-order chi connectivity index (χ1) is 11.7. The lowest BCUT2D eigenvalue weighted by Gasteiger charge is -2.17. The van der Waals surface area contributed by atoms with Gasteiger partial charge in [-0.15, -0.1) is 11.8 Å². The first kappa shape index (κ1) is 17.3. The van der Waals surface area contributed by atoms with Gasteiger partial charge in [-0.25, -0.2) is 0 Å². The second-order valence-corrected chi connectivity index (χ2v) is 8.95. The first-order valence-corrected chi connectivity index (χ1v) is 10.1. The van der Waals surface area contributed by atoms with Gasteiger partial charge in [0.1, 0.15) is 0 Å². The van der Waals surface area contributed by atoms with Gasteiger partial charge in [0.15, 0.2) is 0 Å². The Morgan fingerprint density at radius 1 is 0.833 bits per heavy atom. The quantitative estimate of drug-likeness (QED) is 0.508. The van der Waals surface area contributed by atoms with Crippen molar-refractivity contribution in [3.63, 3.8) is 0 Å². The Balaban J connectivity index is 1.85. The third-order valence-corrected chi connectivity index (χ3v) is 6.96. The molecule has 4 heteroatoms. The van der Waals surface area contributed by atoms with E-state index in [-0.39, 0.29) is 4.58 Å². The maximum absolute atomic E-state index is 13.1.